The molecule has 0 aromatic heterocycles. The van der Waals surface area contributed by atoms with E-state index >= 15 is 0 Å². The Morgan fingerprint density at radius 2 is 2.12 bits per heavy atom. The molecule has 0 heterocycles. The van der Waals surface area contributed by atoms with E-state index in [1.165, 1.54) is 18.2 Å². The van der Waals surface area contributed by atoms with Crippen molar-refractivity contribution in [2.45, 2.75) is 0 Å². The first-order valence-electron chi connectivity index (χ1n) is 4.21. The van der Waals surface area contributed by atoms with Crippen molar-refractivity contribution >= 4 is 27.5 Å². The summed E-state index contributed by atoms with van der Waals surface area (Å²) in [4.78, 5) is 0. The van der Waals surface area contributed by atoms with Crippen LogP contribution in [0.1, 0.15) is 5.56 Å². The van der Waals surface area contributed by atoms with Crippen molar-refractivity contribution < 1.29 is 8.42 Å². The minimum Gasteiger partial charge on any atom is -0.320 e. The van der Waals surface area contributed by atoms with Crippen LogP contribution in [-0.2, 0) is 10.2 Å². The van der Waals surface area contributed by atoms with E-state index in [0.29, 0.717) is 10.6 Å². The largest absolute Gasteiger partial charge is 0.320 e. The fraction of sp³-hybridized carbons (Fsp3) is 0.111. The lowest BCUT2D eigenvalue weighted by molar-refractivity contribution is 0.603. The molecule has 0 unspecified atom stereocenters. The Morgan fingerprint density at radius 1 is 1.44 bits per heavy atom. The SMILES string of the molecule is NCC#Cc1cc(Cl)ccc1NS(N)(=O)=O. The van der Waals surface area contributed by atoms with Crippen LogP contribution in [0.2, 0.25) is 5.02 Å². The molecule has 5 N–H and O–H groups in total. The van der Waals surface area contributed by atoms with E-state index in [2.05, 4.69) is 16.6 Å². The van der Waals surface area contributed by atoms with Gasteiger partial charge in [-0.1, -0.05) is 23.4 Å². The molecule has 0 fully saturated rings. The third-order valence-corrected chi connectivity index (χ3v) is 2.30. The van der Waals surface area contributed by atoms with Gasteiger partial charge in [-0.05, 0) is 18.2 Å². The van der Waals surface area contributed by atoms with Crippen molar-refractivity contribution in [1.82, 2.24) is 0 Å². The van der Waals surface area contributed by atoms with Gasteiger partial charge in [0.25, 0.3) is 10.2 Å². The Labute approximate surface area is 99.0 Å². The first-order chi connectivity index (χ1) is 7.42. The number of nitrogens with two attached hydrogens (primary N) is 2. The van der Waals surface area contributed by atoms with E-state index in [4.69, 9.17) is 22.5 Å². The van der Waals surface area contributed by atoms with Gasteiger partial charge >= 0.3 is 0 Å². The zero-order chi connectivity index (χ0) is 12.2. The van der Waals surface area contributed by atoms with Gasteiger partial charge in [-0.15, -0.1) is 0 Å². The first kappa shape index (κ1) is 12.8. The predicted octanol–water partition coefficient (Wildman–Crippen LogP) is 0.266. The van der Waals surface area contributed by atoms with Crippen molar-refractivity contribution in [3.8, 4) is 11.8 Å². The molecule has 5 nitrogen and oxygen atoms in total. The molecule has 0 radical (unpaired) electrons. The number of rotatable bonds is 2. The second-order valence-corrected chi connectivity index (χ2v) is 4.57. The highest BCUT2D eigenvalue weighted by Crippen LogP contribution is 2.20. The summed E-state index contributed by atoms with van der Waals surface area (Å²) in [7, 11) is -3.83. The topological polar surface area (TPSA) is 98.2 Å². The zero-order valence-corrected chi connectivity index (χ0v) is 9.77. The average molecular weight is 260 g/mol. The van der Waals surface area contributed by atoms with Gasteiger partial charge in [0.1, 0.15) is 0 Å². The molecule has 0 saturated heterocycles. The van der Waals surface area contributed by atoms with Crippen molar-refractivity contribution in [1.29, 1.82) is 0 Å². The van der Waals surface area contributed by atoms with Gasteiger partial charge in [-0.25, -0.2) is 5.14 Å². The lowest BCUT2D eigenvalue weighted by Gasteiger charge is -2.06. The lowest BCUT2D eigenvalue weighted by Crippen LogP contribution is -2.22. The van der Waals surface area contributed by atoms with Gasteiger partial charge in [0.15, 0.2) is 0 Å². The van der Waals surface area contributed by atoms with Crippen molar-refractivity contribution in [2.75, 3.05) is 11.3 Å². The summed E-state index contributed by atoms with van der Waals surface area (Å²) < 4.78 is 23.9. The summed E-state index contributed by atoms with van der Waals surface area (Å²) >= 11 is 5.76. The minimum absolute atomic E-state index is 0.168. The molecule has 16 heavy (non-hydrogen) atoms. The van der Waals surface area contributed by atoms with Crippen LogP contribution >= 0.6 is 11.6 Å². The number of anilines is 1. The Kier molecular flexibility index (Phi) is 4.15. The number of nitrogens with one attached hydrogen (secondary N) is 1. The van der Waals surface area contributed by atoms with Crippen LogP contribution in [0.5, 0.6) is 0 Å². The van der Waals surface area contributed by atoms with E-state index in [1.807, 2.05) is 0 Å². The molecule has 0 amide bonds. The number of benzene rings is 1. The van der Waals surface area contributed by atoms with Gasteiger partial charge in [0.2, 0.25) is 0 Å². The highest BCUT2D eigenvalue weighted by atomic mass is 35.5. The van der Waals surface area contributed by atoms with E-state index in [9.17, 15) is 8.42 Å². The molecule has 0 saturated carbocycles. The lowest BCUT2D eigenvalue weighted by atomic mass is 10.2. The van der Waals surface area contributed by atoms with Crippen LogP contribution in [0.25, 0.3) is 0 Å². The summed E-state index contributed by atoms with van der Waals surface area (Å²) in [5.41, 5.74) is 5.92. The van der Waals surface area contributed by atoms with Gasteiger partial charge in [0, 0.05) is 5.02 Å². The molecule has 1 rings (SSSR count). The maximum Gasteiger partial charge on any atom is 0.296 e. The number of hydrogen-bond donors (Lipinski definition) is 3. The molecule has 0 bridgehead atoms. The average Bonchev–Trinajstić information content (AvgIpc) is 2.16. The maximum atomic E-state index is 10.9. The predicted molar refractivity (Wildman–Crippen MR) is 64.1 cm³/mol. The molecule has 7 heteroatoms. The van der Waals surface area contributed by atoms with Crippen LogP contribution in [0.4, 0.5) is 5.69 Å². The van der Waals surface area contributed by atoms with Gasteiger partial charge in [-0.2, -0.15) is 8.42 Å². The summed E-state index contributed by atoms with van der Waals surface area (Å²) in [6.07, 6.45) is 0. The fourth-order valence-electron chi connectivity index (χ4n) is 1.01. The van der Waals surface area contributed by atoms with Crippen LogP contribution in [0.3, 0.4) is 0 Å². The smallest absolute Gasteiger partial charge is 0.296 e. The normalized spacial score (nSPS) is 10.4. The van der Waals surface area contributed by atoms with Gasteiger partial charge in [-0.3, -0.25) is 4.72 Å². The van der Waals surface area contributed by atoms with Crippen LogP contribution in [-0.4, -0.2) is 15.0 Å². The number of halogens is 1. The number of hydrogen-bond acceptors (Lipinski definition) is 3. The highest BCUT2D eigenvalue weighted by Gasteiger charge is 2.06. The van der Waals surface area contributed by atoms with Crippen molar-refractivity contribution in [3.63, 3.8) is 0 Å². The molecule has 0 aliphatic rings. The summed E-state index contributed by atoms with van der Waals surface area (Å²) in [6, 6.07) is 4.54. The van der Waals surface area contributed by atoms with E-state index in [0.717, 1.165) is 0 Å². The maximum absolute atomic E-state index is 10.9. The molecule has 0 aliphatic carbocycles. The van der Waals surface area contributed by atoms with Crippen LogP contribution in [0.15, 0.2) is 18.2 Å². The summed E-state index contributed by atoms with van der Waals surface area (Å²) in [6.45, 7) is 0.168. The second kappa shape index (κ2) is 5.18. The van der Waals surface area contributed by atoms with Crippen LogP contribution in [0, 0.1) is 11.8 Å². The van der Waals surface area contributed by atoms with E-state index in [-0.39, 0.29) is 12.2 Å². The molecule has 86 valence electrons. The quantitative estimate of drug-likeness (QED) is 0.665. The van der Waals surface area contributed by atoms with Crippen LogP contribution < -0.4 is 15.6 Å². The Hall–Kier alpha value is -1.26. The van der Waals surface area contributed by atoms with Crippen molar-refractivity contribution in [2.24, 2.45) is 10.9 Å². The Morgan fingerprint density at radius 3 is 2.69 bits per heavy atom. The standard InChI is InChI=1S/C9H10ClN3O2S/c10-8-3-4-9(13-16(12,14)15)7(6-8)2-1-5-11/h3-4,6,13H,5,11H2,(H2,12,14,15). The second-order valence-electron chi connectivity index (χ2n) is 2.84. The van der Waals surface area contributed by atoms with E-state index < -0.39 is 10.2 Å². The molecule has 0 aliphatic heterocycles. The Bertz CT molecular complexity index is 546. The molecule has 0 atom stereocenters. The minimum atomic E-state index is -3.83. The van der Waals surface area contributed by atoms with Gasteiger partial charge < -0.3 is 5.73 Å². The van der Waals surface area contributed by atoms with Crippen molar-refractivity contribution in [3.05, 3.63) is 28.8 Å². The molecule has 1 aromatic rings. The third-order valence-electron chi connectivity index (χ3n) is 1.56. The summed E-state index contributed by atoms with van der Waals surface area (Å²) in [5, 5.41) is 5.30. The molecular formula is C9H10ClN3O2S. The van der Waals surface area contributed by atoms with Gasteiger partial charge in [0.05, 0.1) is 17.8 Å². The molecular weight excluding hydrogens is 250 g/mol. The first-order valence-corrected chi connectivity index (χ1v) is 6.14. The Balaban J connectivity index is 3.17. The van der Waals surface area contributed by atoms with E-state index in [1.54, 1.807) is 0 Å². The third kappa shape index (κ3) is 4.08. The monoisotopic (exact) mass is 259 g/mol. The molecule has 1 aromatic carbocycles. The highest BCUT2D eigenvalue weighted by molar-refractivity contribution is 7.90. The zero-order valence-electron chi connectivity index (χ0n) is 8.20. The molecule has 0 spiro atoms. The fourth-order valence-corrected chi connectivity index (χ4v) is 1.67. The summed E-state index contributed by atoms with van der Waals surface area (Å²) in [5.74, 6) is 5.30.